The Kier molecular flexibility index (Phi) is 2.46. The third-order valence-electron chi connectivity index (χ3n) is 1.12. The van der Waals surface area contributed by atoms with Crippen LogP contribution >= 0.6 is 0 Å². The Balaban J connectivity index is 0.00000121. The Morgan fingerprint density at radius 2 is 2.36 bits per heavy atom. The molecule has 64 valence electrons. The third-order valence-corrected chi connectivity index (χ3v) is 1.12. The van der Waals surface area contributed by atoms with E-state index in [1.807, 2.05) is 6.92 Å². The molecule has 0 aliphatic rings. The summed E-state index contributed by atoms with van der Waals surface area (Å²) in [5.41, 5.74) is 0. The summed E-state index contributed by atoms with van der Waals surface area (Å²) in [7, 11) is 0. The number of hydrogen-bond acceptors (Lipinski definition) is 3. The van der Waals surface area contributed by atoms with E-state index in [9.17, 15) is 0 Å². The van der Waals surface area contributed by atoms with E-state index in [0.717, 1.165) is 5.82 Å². The van der Waals surface area contributed by atoms with E-state index in [1.54, 1.807) is 0 Å². The molecule has 0 spiro atoms. The Hall–Kier alpha value is -1.06. The molecule has 1 N–H and O–H groups in total. The molecule has 0 atom stereocenters. The Bertz CT molecular complexity index is 224. The highest BCUT2D eigenvalue weighted by atomic mass is 16.5. The Morgan fingerprint density at radius 1 is 1.64 bits per heavy atom. The molecule has 4 nitrogen and oxygen atoms in total. The number of aryl methyl sites for hydroxylation is 1. The van der Waals surface area contributed by atoms with E-state index in [2.05, 4.69) is 29.0 Å². The second kappa shape index (κ2) is 3.37. The van der Waals surface area contributed by atoms with Crippen molar-refractivity contribution in [2.75, 3.05) is 6.61 Å². The first kappa shape index (κ1) is 8.04. The molecule has 0 saturated carbocycles. The standard InChI is InChI=1S/C7H13N3O.H2/c1-5(2)4-11-7-8-6(3)9-10-7;/h5H,4H2,1-3H3,(H,8,9,10);1H. The van der Waals surface area contributed by atoms with Crippen LogP contribution in [-0.2, 0) is 0 Å². The van der Waals surface area contributed by atoms with Crippen molar-refractivity contribution in [2.45, 2.75) is 20.8 Å². The van der Waals surface area contributed by atoms with Gasteiger partial charge in [0.1, 0.15) is 5.82 Å². The Labute approximate surface area is 67.5 Å². The lowest BCUT2D eigenvalue weighted by Gasteiger charge is -2.02. The topological polar surface area (TPSA) is 50.8 Å². The molecule has 11 heavy (non-hydrogen) atoms. The summed E-state index contributed by atoms with van der Waals surface area (Å²) < 4.78 is 5.23. The average molecular weight is 157 g/mol. The van der Waals surface area contributed by atoms with E-state index in [4.69, 9.17) is 4.74 Å². The van der Waals surface area contributed by atoms with Gasteiger partial charge in [-0.1, -0.05) is 13.8 Å². The van der Waals surface area contributed by atoms with Gasteiger partial charge in [0.05, 0.1) is 6.61 Å². The summed E-state index contributed by atoms with van der Waals surface area (Å²) in [5.74, 6) is 1.29. The van der Waals surface area contributed by atoms with Crippen LogP contribution in [0.3, 0.4) is 0 Å². The van der Waals surface area contributed by atoms with Crippen LogP contribution < -0.4 is 4.74 Å². The fourth-order valence-electron chi connectivity index (χ4n) is 0.628. The van der Waals surface area contributed by atoms with Gasteiger partial charge in [-0.25, -0.2) is 0 Å². The lowest BCUT2D eigenvalue weighted by molar-refractivity contribution is 0.252. The summed E-state index contributed by atoms with van der Waals surface area (Å²) in [5, 5.41) is 6.54. The van der Waals surface area contributed by atoms with E-state index in [1.165, 1.54) is 0 Å². The maximum absolute atomic E-state index is 5.23. The summed E-state index contributed by atoms with van der Waals surface area (Å²) >= 11 is 0. The molecular weight excluding hydrogens is 142 g/mol. The molecule has 0 aliphatic carbocycles. The largest absolute Gasteiger partial charge is 0.462 e. The van der Waals surface area contributed by atoms with E-state index in [0.29, 0.717) is 18.5 Å². The van der Waals surface area contributed by atoms with Crippen LogP contribution in [0, 0.1) is 12.8 Å². The number of aromatic nitrogens is 3. The maximum Gasteiger partial charge on any atom is 0.335 e. The first-order valence-electron chi connectivity index (χ1n) is 3.70. The van der Waals surface area contributed by atoms with Crippen LogP contribution in [0.4, 0.5) is 0 Å². The van der Waals surface area contributed by atoms with Crippen LogP contribution in [0.5, 0.6) is 6.01 Å². The highest BCUT2D eigenvalue weighted by Crippen LogP contribution is 2.02. The molecule has 0 aliphatic heterocycles. The molecule has 0 unspecified atom stereocenters. The molecule has 1 rings (SSSR count). The lowest BCUT2D eigenvalue weighted by Crippen LogP contribution is -2.05. The Morgan fingerprint density at radius 3 is 2.82 bits per heavy atom. The molecule has 0 saturated heterocycles. The summed E-state index contributed by atoms with van der Waals surface area (Å²) in [4.78, 5) is 3.99. The van der Waals surface area contributed by atoms with Crippen LogP contribution in [0.15, 0.2) is 0 Å². The molecular formula is C7H15N3O. The number of H-pyrrole nitrogens is 1. The molecule has 4 heteroatoms. The van der Waals surface area contributed by atoms with Gasteiger partial charge in [-0.05, 0) is 12.8 Å². The molecule has 0 aromatic carbocycles. The monoisotopic (exact) mass is 157 g/mol. The van der Waals surface area contributed by atoms with Gasteiger partial charge in [0.25, 0.3) is 0 Å². The predicted octanol–water partition coefficient (Wildman–Crippen LogP) is 1.39. The van der Waals surface area contributed by atoms with Crippen molar-refractivity contribution in [2.24, 2.45) is 5.92 Å². The highest BCUT2D eigenvalue weighted by Gasteiger charge is 2.00. The molecule has 0 amide bonds. The minimum Gasteiger partial charge on any atom is -0.462 e. The fourth-order valence-corrected chi connectivity index (χ4v) is 0.628. The minimum atomic E-state index is 0. The van der Waals surface area contributed by atoms with E-state index >= 15 is 0 Å². The number of nitrogens with zero attached hydrogens (tertiary/aromatic N) is 2. The van der Waals surface area contributed by atoms with Gasteiger partial charge in [-0.3, -0.25) is 5.10 Å². The summed E-state index contributed by atoms with van der Waals surface area (Å²) in [6.45, 7) is 6.67. The zero-order valence-electron chi connectivity index (χ0n) is 7.09. The van der Waals surface area contributed by atoms with Crippen molar-refractivity contribution in [3.8, 4) is 6.01 Å². The van der Waals surface area contributed by atoms with Crippen molar-refractivity contribution in [3.63, 3.8) is 0 Å². The second-order valence-corrected chi connectivity index (χ2v) is 2.91. The van der Waals surface area contributed by atoms with Crippen molar-refractivity contribution < 1.29 is 6.16 Å². The molecule has 0 radical (unpaired) electrons. The second-order valence-electron chi connectivity index (χ2n) is 2.91. The van der Waals surface area contributed by atoms with E-state index in [-0.39, 0.29) is 1.43 Å². The first-order chi connectivity index (χ1) is 5.18. The number of hydrogen-bond donors (Lipinski definition) is 1. The van der Waals surface area contributed by atoms with E-state index < -0.39 is 0 Å². The summed E-state index contributed by atoms with van der Waals surface area (Å²) in [6, 6.07) is 0.441. The number of rotatable bonds is 3. The summed E-state index contributed by atoms with van der Waals surface area (Å²) in [6.07, 6.45) is 0. The smallest absolute Gasteiger partial charge is 0.335 e. The van der Waals surface area contributed by atoms with Gasteiger partial charge >= 0.3 is 6.01 Å². The predicted molar refractivity (Wildman–Crippen MR) is 43.6 cm³/mol. The minimum absolute atomic E-state index is 0. The molecule has 1 aromatic heterocycles. The number of aromatic amines is 1. The zero-order valence-corrected chi connectivity index (χ0v) is 7.09. The molecule has 0 fully saturated rings. The SMILES string of the molecule is Cc1nc(OCC(C)C)n[nH]1.[HH]. The lowest BCUT2D eigenvalue weighted by atomic mass is 10.2. The first-order valence-corrected chi connectivity index (χ1v) is 3.70. The van der Waals surface area contributed by atoms with Crippen LogP contribution in [0.2, 0.25) is 0 Å². The maximum atomic E-state index is 5.23. The number of nitrogens with one attached hydrogen (secondary N) is 1. The average Bonchev–Trinajstić information content (AvgIpc) is 2.31. The van der Waals surface area contributed by atoms with Crippen molar-refractivity contribution >= 4 is 0 Å². The van der Waals surface area contributed by atoms with Gasteiger partial charge < -0.3 is 4.74 Å². The van der Waals surface area contributed by atoms with Crippen molar-refractivity contribution in [1.82, 2.24) is 15.2 Å². The van der Waals surface area contributed by atoms with Gasteiger partial charge in [-0.2, -0.15) is 4.98 Å². The zero-order chi connectivity index (χ0) is 8.27. The highest BCUT2D eigenvalue weighted by molar-refractivity contribution is 4.92. The van der Waals surface area contributed by atoms with Gasteiger partial charge in [0.15, 0.2) is 0 Å². The van der Waals surface area contributed by atoms with Crippen LogP contribution in [0.1, 0.15) is 21.1 Å². The van der Waals surface area contributed by atoms with Crippen LogP contribution in [0.25, 0.3) is 0 Å². The quantitative estimate of drug-likeness (QED) is 0.721. The molecule has 1 aromatic rings. The number of ether oxygens (including phenoxy) is 1. The van der Waals surface area contributed by atoms with Gasteiger partial charge in [-0.15, -0.1) is 5.10 Å². The fraction of sp³-hybridized carbons (Fsp3) is 0.714. The third kappa shape index (κ3) is 2.57. The molecule has 0 bridgehead atoms. The van der Waals surface area contributed by atoms with Gasteiger partial charge in [0, 0.05) is 1.43 Å². The van der Waals surface area contributed by atoms with Gasteiger partial charge in [0.2, 0.25) is 0 Å². The normalized spacial score (nSPS) is 10.5. The van der Waals surface area contributed by atoms with Crippen molar-refractivity contribution in [1.29, 1.82) is 0 Å². The van der Waals surface area contributed by atoms with Crippen LogP contribution in [-0.4, -0.2) is 21.8 Å². The van der Waals surface area contributed by atoms with Crippen molar-refractivity contribution in [3.05, 3.63) is 5.82 Å². The molecule has 1 heterocycles.